The summed E-state index contributed by atoms with van der Waals surface area (Å²) in [6.45, 7) is 4.70. The lowest BCUT2D eigenvalue weighted by molar-refractivity contribution is -0.0500. The molecule has 1 rings (SSSR count). The van der Waals surface area contributed by atoms with Crippen molar-refractivity contribution in [1.82, 2.24) is 5.32 Å². The van der Waals surface area contributed by atoms with Gasteiger partial charge in [-0.3, -0.25) is 0 Å². The Kier molecular flexibility index (Phi) is 8.59. The number of hydrogen-bond donors (Lipinski definition) is 2. The average molecular weight is 259 g/mol. The van der Waals surface area contributed by atoms with Crippen molar-refractivity contribution in [1.29, 1.82) is 0 Å². The molecule has 0 aromatic rings. The molecule has 0 bridgehead atoms. The maximum absolute atomic E-state index is 9.81. The summed E-state index contributed by atoms with van der Waals surface area (Å²) < 4.78 is 10.8. The third-order valence-electron chi connectivity index (χ3n) is 3.73. The molecule has 1 saturated carbocycles. The molecule has 18 heavy (non-hydrogen) atoms. The minimum absolute atomic E-state index is 0.359. The van der Waals surface area contributed by atoms with Crippen LogP contribution in [0.4, 0.5) is 0 Å². The van der Waals surface area contributed by atoms with Gasteiger partial charge >= 0.3 is 0 Å². The Morgan fingerprint density at radius 1 is 1.33 bits per heavy atom. The average Bonchev–Trinajstić information content (AvgIpc) is 2.41. The molecule has 1 fully saturated rings. The molecule has 0 aromatic carbocycles. The molecular weight excluding hydrogens is 230 g/mol. The number of aliphatic hydroxyl groups excluding tert-OH is 1. The van der Waals surface area contributed by atoms with Crippen molar-refractivity contribution in [2.24, 2.45) is 5.92 Å². The smallest absolute Gasteiger partial charge is 0.0897 e. The van der Waals surface area contributed by atoms with Gasteiger partial charge in [-0.2, -0.15) is 0 Å². The van der Waals surface area contributed by atoms with Crippen LogP contribution in [0.2, 0.25) is 0 Å². The standard InChI is InChI=1S/C14H29NO3/c1-3-12-6-4-5-7-14(12)18-11-13(16)10-15-8-9-17-2/h12-16H,3-11H2,1-2H3. The number of ether oxygens (including phenoxy) is 2. The van der Waals surface area contributed by atoms with Gasteiger partial charge in [-0.15, -0.1) is 0 Å². The summed E-state index contributed by atoms with van der Waals surface area (Å²) >= 11 is 0. The largest absolute Gasteiger partial charge is 0.389 e. The summed E-state index contributed by atoms with van der Waals surface area (Å²) in [6, 6.07) is 0. The normalized spacial score (nSPS) is 26.2. The van der Waals surface area contributed by atoms with Gasteiger partial charge in [-0.05, 0) is 18.8 Å². The van der Waals surface area contributed by atoms with Gasteiger partial charge in [0.1, 0.15) is 0 Å². The molecule has 2 N–H and O–H groups in total. The van der Waals surface area contributed by atoms with Gasteiger partial charge in [0.2, 0.25) is 0 Å². The van der Waals surface area contributed by atoms with Crippen LogP contribution in [-0.4, -0.2) is 50.7 Å². The van der Waals surface area contributed by atoms with Crippen LogP contribution in [-0.2, 0) is 9.47 Å². The molecule has 0 aliphatic heterocycles. The molecule has 0 amide bonds. The summed E-state index contributed by atoms with van der Waals surface area (Å²) in [4.78, 5) is 0. The summed E-state index contributed by atoms with van der Waals surface area (Å²) in [5.41, 5.74) is 0. The van der Waals surface area contributed by atoms with Crippen molar-refractivity contribution in [3.63, 3.8) is 0 Å². The molecule has 0 saturated heterocycles. The van der Waals surface area contributed by atoms with Crippen molar-refractivity contribution in [2.45, 2.75) is 51.2 Å². The zero-order valence-electron chi connectivity index (χ0n) is 11.9. The van der Waals surface area contributed by atoms with Crippen LogP contribution in [0, 0.1) is 5.92 Å². The van der Waals surface area contributed by atoms with E-state index < -0.39 is 6.10 Å². The fourth-order valence-electron chi connectivity index (χ4n) is 2.60. The van der Waals surface area contributed by atoms with E-state index in [1.165, 1.54) is 25.7 Å². The van der Waals surface area contributed by atoms with Gasteiger partial charge in [-0.25, -0.2) is 0 Å². The first-order valence-electron chi connectivity index (χ1n) is 7.27. The molecule has 1 aliphatic rings. The Morgan fingerprint density at radius 3 is 2.83 bits per heavy atom. The highest BCUT2D eigenvalue weighted by molar-refractivity contribution is 4.75. The van der Waals surface area contributed by atoms with E-state index in [1.54, 1.807) is 7.11 Å². The van der Waals surface area contributed by atoms with E-state index in [4.69, 9.17) is 9.47 Å². The lowest BCUT2D eigenvalue weighted by Gasteiger charge is -2.31. The van der Waals surface area contributed by atoms with Gasteiger partial charge in [0.15, 0.2) is 0 Å². The Bertz CT molecular complexity index is 201. The predicted molar refractivity (Wildman–Crippen MR) is 72.7 cm³/mol. The van der Waals surface area contributed by atoms with Gasteiger partial charge in [0, 0.05) is 20.2 Å². The Morgan fingerprint density at radius 2 is 2.11 bits per heavy atom. The van der Waals surface area contributed by atoms with Crippen LogP contribution in [0.25, 0.3) is 0 Å². The molecular formula is C14H29NO3. The van der Waals surface area contributed by atoms with E-state index >= 15 is 0 Å². The molecule has 3 unspecified atom stereocenters. The molecule has 4 heteroatoms. The minimum Gasteiger partial charge on any atom is -0.389 e. The van der Waals surface area contributed by atoms with Crippen LogP contribution < -0.4 is 5.32 Å². The van der Waals surface area contributed by atoms with E-state index in [2.05, 4.69) is 12.2 Å². The van der Waals surface area contributed by atoms with E-state index in [-0.39, 0.29) is 0 Å². The van der Waals surface area contributed by atoms with Gasteiger partial charge in [0.25, 0.3) is 0 Å². The highest BCUT2D eigenvalue weighted by atomic mass is 16.5. The Labute approximate surface area is 111 Å². The quantitative estimate of drug-likeness (QED) is 0.617. The number of hydrogen-bond acceptors (Lipinski definition) is 4. The maximum Gasteiger partial charge on any atom is 0.0897 e. The van der Waals surface area contributed by atoms with Crippen molar-refractivity contribution in [3.05, 3.63) is 0 Å². The van der Waals surface area contributed by atoms with Crippen LogP contribution in [0.15, 0.2) is 0 Å². The van der Waals surface area contributed by atoms with Gasteiger partial charge in [-0.1, -0.05) is 26.2 Å². The SMILES string of the molecule is CCC1CCCCC1OCC(O)CNCCOC. The third kappa shape index (κ3) is 6.14. The van der Waals surface area contributed by atoms with E-state index in [0.717, 1.165) is 13.0 Å². The Balaban J connectivity index is 2.10. The molecule has 3 atom stereocenters. The van der Waals surface area contributed by atoms with Crippen molar-refractivity contribution in [2.75, 3.05) is 33.4 Å². The van der Waals surface area contributed by atoms with Gasteiger partial charge < -0.3 is 19.9 Å². The zero-order chi connectivity index (χ0) is 13.2. The van der Waals surface area contributed by atoms with Crippen LogP contribution in [0.5, 0.6) is 0 Å². The second kappa shape index (κ2) is 9.73. The van der Waals surface area contributed by atoms with Crippen LogP contribution in [0.1, 0.15) is 39.0 Å². The number of rotatable bonds is 9. The lowest BCUT2D eigenvalue weighted by atomic mass is 9.85. The highest BCUT2D eigenvalue weighted by Gasteiger charge is 2.24. The summed E-state index contributed by atoms with van der Waals surface area (Å²) in [7, 11) is 1.68. The Hall–Kier alpha value is -0.160. The number of aliphatic hydroxyl groups is 1. The maximum atomic E-state index is 9.81. The molecule has 0 aromatic heterocycles. The first kappa shape index (κ1) is 15.9. The monoisotopic (exact) mass is 259 g/mol. The van der Waals surface area contributed by atoms with Crippen molar-refractivity contribution in [3.8, 4) is 0 Å². The fraction of sp³-hybridized carbons (Fsp3) is 1.00. The van der Waals surface area contributed by atoms with Gasteiger partial charge in [0.05, 0.1) is 25.4 Å². The van der Waals surface area contributed by atoms with Crippen LogP contribution >= 0.6 is 0 Å². The second-order valence-corrected chi connectivity index (χ2v) is 5.18. The summed E-state index contributed by atoms with van der Waals surface area (Å²) in [5.74, 6) is 0.687. The molecule has 0 spiro atoms. The van der Waals surface area contributed by atoms with E-state index in [1.807, 2.05) is 0 Å². The zero-order valence-corrected chi connectivity index (χ0v) is 11.9. The topological polar surface area (TPSA) is 50.7 Å². The first-order valence-corrected chi connectivity index (χ1v) is 7.27. The second-order valence-electron chi connectivity index (χ2n) is 5.18. The lowest BCUT2D eigenvalue weighted by Crippen LogP contribution is -2.35. The van der Waals surface area contributed by atoms with E-state index in [0.29, 0.717) is 31.8 Å². The summed E-state index contributed by atoms with van der Waals surface area (Å²) in [6.07, 6.45) is 6.17. The fourth-order valence-corrected chi connectivity index (χ4v) is 2.60. The molecule has 108 valence electrons. The molecule has 4 nitrogen and oxygen atoms in total. The number of methoxy groups -OCH3 is 1. The summed E-state index contributed by atoms with van der Waals surface area (Å²) in [5, 5.41) is 13.0. The third-order valence-corrected chi connectivity index (χ3v) is 3.73. The van der Waals surface area contributed by atoms with Crippen molar-refractivity contribution >= 4 is 0 Å². The number of nitrogens with one attached hydrogen (secondary N) is 1. The highest BCUT2D eigenvalue weighted by Crippen LogP contribution is 2.29. The van der Waals surface area contributed by atoms with E-state index in [9.17, 15) is 5.11 Å². The molecule has 0 radical (unpaired) electrons. The molecule has 1 aliphatic carbocycles. The molecule has 0 heterocycles. The predicted octanol–water partition coefficient (Wildman–Crippen LogP) is 1.57. The van der Waals surface area contributed by atoms with Crippen molar-refractivity contribution < 1.29 is 14.6 Å². The first-order chi connectivity index (χ1) is 8.77. The van der Waals surface area contributed by atoms with Crippen LogP contribution in [0.3, 0.4) is 0 Å². The minimum atomic E-state index is -0.415.